The molecule has 1 aliphatic rings. The molecule has 0 radical (unpaired) electrons. The number of urea groups is 1. The van der Waals surface area contributed by atoms with E-state index in [0.29, 0.717) is 25.3 Å². The van der Waals surface area contributed by atoms with E-state index in [0.717, 1.165) is 29.2 Å². The van der Waals surface area contributed by atoms with Crippen molar-refractivity contribution in [3.05, 3.63) is 71.7 Å². The smallest absolute Gasteiger partial charge is 0.322 e. The summed E-state index contributed by atoms with van der Waals surface area (Å²) in [4.78, 5) is 26.1. The maximum atomic E-state index is 13.9. The Bertz CT molecular complexity index is 1060. The van der Waals surface area contributed by atoms with Gasteiger partial charge in [-0.15, -0.1) is 0 Å². The van der Waals surface area contributed by atoms with Crippen molar-refractivity contribution in [3.8, 4) is 11.4 Å². The lowest BCUT2D eigenvalue weighted by atomic mass is 10.0. The monoisotopic (exact) mass is 405 g/mol. The molecule has 0 unspecified atom stereocenters. The third-order valence-electron chi connectivity index (χ3n) is 5.31. The molecule has 30 heavy (non-hydrogen) atoms. The highest BCUT2D eigenvalue weighted by Gasteiger charge is 2.27. The van der Waals surface area contributed by atoms with Crippen molar-refractivity contribution in [2.75, 3.05) is 30.4 Å². The van der Waals surface area contributed by atoms with Crippen molar-refractivity contribution >= 4 is 17.5 Å². The topological polar surface area (TPSA) is 61.4 Å². The van der Waals surface area contributed by atoms with Crippen LogP contribution in [0.25, 0.3) is 11.4 Å². The molecule has 7 heteroatoms. The summed E-state index contributed by atoms with van der Waals surface area (Å²) in [5, 5.41) is 2.67. The lowest BCUT2D eigenvalue weighted by Crippen LogP contribution is -2.40. The molecule has 0 fully saturated rings. The summed E-state index contributed by atoms with van der Waals surface area (Å²) in [5.74, 6) is 1.06. The lowest BCUT2D eigenvalue weighted by molar-refractivity contribution is 0.206. The van der Waals surface area contributed by atoms with Crippen LogP contribution in [0.15, 0.2) is 54.6 Å². The number of carbonyl (C=O) groups is 1. The van der Waals surface area contributed by atoms with Gasteiger partial charge in [-0.3, -0.25) is 0 Å². The number of carbonyl (C=O) groups excluding carboxylic acids is 1. The summed E-state index contributed by atoms with van der Waals surface area (Å²) in [6, 6.07) is 15.7. The van der Waals surface area contributed by atoms with Gasteiger partial charge in [0.15, 0.2) is 5.82 Å². The predicted octanol–water partition coefficient (Wildman–Crippen LogP) is 4.33. The average Bonchev–Trinajstić information content (AvgIpc) is 2.79. The number of halogens is 1. The Morgan fingerprint density at radius 3 is 2.60 bits per heavy atom. The SMILES string of the molecule is CCN(C)c1nc(-c2ccccc2)nc2c1CN(C(=O)Nc1ccccc1F)CC2. The van der Waals surface area contributed by atoms with Crippen LogP contribution in [-0.4, -0.2) is 41.0 Å². The lowest BCUT2D eigenvalue weighted by Gasteiger charge is -2.31. The number of aromatic nitrogens is 2. The van der Waals surface area contributed by atoms with Gasteiger partial charge in [-0.05, 0) is 19.1 Å². The van der Waals surface area contributed by atoms with Gasteiger partial charge < -0.3 is 15.1 Å². The normalized spacial score (nSPS) is 13.0. The number of hydrogen-bond acceptors (Lipinski definition) is 4. The molecule has 0 spiro atoms. The van der Waals surface area contributed by atoms with Gasteiger partial charge in [0.1, 0.15) is 11.6 Å². The van der Waals surface area contributed by atoms with Crippen LogP contribution in [-0.2, 0) is 13.0 Å². The van der Waals surface area contributed by atoms with E-state index in [-0.39, 0.29) is 11.7 Å². The zero-order valence-electron chi connectivity index (χ0n) is 17.1. The van der Waals surface area contributed by atoms with Gasteiger partial charge in [-0.2, -0.15) is 0 Å². The third-order valence-corrected chi connectivity index (χ3v) is 5.31. The molecular weight excluding hydrogens is 381 g/mol. The standard InChI is InChI=1S/C23H24FN5O/c1-3-28(2)22-17-15-29(23(30)26-20-12-8-7-11-18(20)24)14-13-19(17)25-21(27-22)16-9-5-4-6-10-16/h4-12H,3,13-15H2,1-2H3,(H,26,30). The summed E-state index contributed by atoms with van der Waals surface area (Å²) in [6.45, 7) is 3.72. The summed E-state index contributed by atoms with van der Waals surface area (Å²) in [7, 11) is 1.98. The van der Waals surface area contributed by atoms with Gasteiger partial charge in [-0.25, -0.2) is 19.2 Å². The summed E-state index contributed by atoms with van der Waals surface area (Å²) < 4.78 is 13.9. The van der Waals surface area contributed by atoms with Crippen molar-refractivity contribution in [2.24, 2.45) is 0 Å². The van der Waals surface area contributed by atoms with Crippen LogP contribution in [0.3, 0.4) is 0 Å². The Morgan fingerprint density at radius 1 is 1.13 bits per heavy atom. The van der Waals surface area contributed by atoms with Crippen LogP contribution in [0.1, 0.15) is 18.2 Å². The maximum Gasteiger partial charge on any atom is 0.322 e. The second kappa shape index (κ2) is 8.49. The van der Waals surface area contributed by atoms with Crippen LogP contribution in [0.2, 0.25) is 0 Å². The molecule has 4 rings (SSSR count). The second-order valence-corrected chi connectivity index (χ2v) is 7.26. The van der Waals surface area contributed by atoms with Crippen LogP contribution in [0, 0.1) is 5.82 Å². The Balaban J connectivity index is 1.64. The zero-order valence-corrected chi connectivity index (χ0v) is 17.1. The maximum absolute atomic E-state index is 13.9. The highest BCUT2D eigenvalue weighted by molar-refractivity contribution is 5.89. The number of nitrogens with zero attached hydrogens (tertiary/aromatic N) is 4. The fourth-order valence-electron chi connectivity index (χ4n) is 3.51. The first-order valence-corrected chi connectivity index (χ1v) is 10.0. The summed E-state index contributed by atoms with van der Waals surface area (Å²) in [6.07, 6.45) is 0.618. The highest BCUT2D eigenvalue weighted by Crippen LogP contribution is 2.29. The van der Waals surface area contributed by atoms with E-state index in [2.05, 4.69) is 17.1 Å². The van der Waals surface area contributed by atoms with E-state index >= 15 is 0 Å². The first kappa shape index (κ1) is 19.8. The number of fused-ring (bicyclic) bond motifs is 1. The Labute approximate surface area is 175 Å². The average molecular weight is 405 g/mol. The van der Waals surface area contributed by atoms with Crippen LogP contribution >= 0.6 is 0 Å². The molecule has 2 heterocycles. The number of hydrogen-bond donors (Lipinski definition) is 1. The van der Waals surface area contributed by atoms with Crippen molar-refractivity contribution < 1.29 is 9.18 Å². The minimum Gasteiger partial charge on any atom is -0.360 e. The molecule has 6 nitrogen and oxygen atoms in total. The number of rotatable bonds is 4. The van der Waals surface area contributed by atoms with Crippen LogP contribution in [0.5, 0.6) is 0 Å². The number of nitrogens with one attached hydrogen (secondary N) is 1. The Kier molecular flexibility index (Phi) is 5.61. The largest absolute Gasteiger partial charge is 0.360 e. The van der Waals surface area contributed by atoms with E-state index in [1.165, 1.54) is 6.07 Å². The van der Waals surface area contributed by atoms with Gasteiger partial charge in [-0.1, -0.05) is 42.5 Å². The minimum atomic E-state index is -0.453. The van der Waals surface area contributed by atoms with E-state index in [9.17, 15) is 9.18 Å². The van der Waals surface area contributed by atoms with Gasteiger partial charge >= 0.3 is 6.03 Å². The van der Waals surface area contributed by atoms with Gasteiger partial charge in [0.05, 0.1) is 17.9 Å². The van der Waals surface area contributed by atoms with E-state index < -0.39 is 5.82 Å². The van der Waals surface area contributed by atoms with Gasteiger partial charge in [0, 0.05) is 37.7 Å². The number of benzene rings is 2. The fourth-order valence-corrected chi connectivity index (χ4v) is 3.51. The van der Waals surface area contributed by atoms with Crippen LogP contribution in [0.4, 0.5) is 20.7 Å². The quantitative estimate of drug-likeness (QED) is 0.702. The molecule has 0 aliphatic carbocycles. The van der Waals surface area contributed by atoms with Crippen molar-refractivity contribution in [1.29, 1.82) is 0 Å². The molecule has 2 amide bonds. The molecule has 0 bridgehead atoms. The predicted molar refractivity (Wildman–Crippen MR) is 116 cm³/mol. The number of para-hydroxylation sites is 1. The molecule has 0 atom stereocenters. The number of amides is 2. The summed E-state index contributed by atoms with van der Waals surface area (Å²) >= 11 is 0. The van der Waals surface area contributed by atoms with Crippen LogP contribution < -0.4 is 10.2 Å². The molecule has 2 aromatic carbocycles. The molecule has 0 saturated heterocycles. The van der Waals surface area contributed by atoms with Crippen molar-refractivity contribution in [3.63, 3.8) is 0 Å². The Hall–Kier alpha value is -3.48. The zero-order chi connectivity index (χ0) is 21.1. The first-order chi connectivity index (χ1) is 14.6. The number of anilines is 2. The highest BCUT2D eigenvalue weighted by atomic mass is 19.1. The molecule has 1 N–H and O–H groups in total. The molecule has 1 aliphatic heterocycles. The molecular formula is C23H24FN5O. The summed E-state index contributed by atoms with van der Waals surface area (Å²) in [5.41, 5.74) is 3.03. The Morgan fingerprint density at radius 2 is 1.87 bits per heavy atom. The van der Waals surface area contributed by atoms with Gasteiger partial charge in [0.25, 0.3) is 0 Å². The fraction of sp³-hybridized carbons (Fsp3) is 0.261. The van der Waals surface area contributed by atoms with E-state index in [4.69, 9.17) is 9.97 Å². The van der Waals surface area contributed by atoms with Crippen molar-refractivity contribution in [1.82, 2.24) is 14.9 Å². The second-order valence-electron chi connectivity index (χ2n) is 7.26. The van der Waals surface area contributed by atoms with Crippen molar-refractivity contribution in [2.45, 2.75) is 19.9 Å². The minimum absolute atomic E-state index is 0.176. The molecule has 1 aromatic heterocycles. The van der Waals surface area contributed by atoms with E-state index in [1.54, 1.807) is 23.1 Å². The third kappa shape index (κ3) is 3.96. The molecule has 0 saturated carbocycles. The molecule has 154 valence electrons. The van der Waals surface area contributed by atoms with E-state index in [1.807, 2.05) is 37.4 Å². The first-order valence-electron chi connectivity index (χ1n) is 10.0. The van der Waals surface area contributed by atoms with Gasteiger partial charge in [0.2, 0.25) is 0 Å². The molecule has 3 aromatic rings.